The highest BCUT2D eigenvalue weighted by atomic mass is 32.1. The van der Waals surface area contributed by atoms with Crippen LogP contribution in [0.1, 0.15) is 36.8 Å². The van der Waals surface area contributed by atoms with Gasteiger partial charge >= 0.3 is 0 Å². The second-order valence-electron chi connectivity index (χ2n) is 5.22. The van der Waals surface area contributed by atoms with E-state index in [4.69, 9.17) is 18.0 Å². The van der Waals surface area contributed by atoms with E-state index in [1.54, 1.807) is 0 Å². The molecule has 18 heavy (non-hydrogen) atoms. The maximum absolute atomic E-state index is 5.83. The Bertz CT molecular complexity index is 439. The summed E-state index contributed by atoms with van der Waals surface area (Å²) in [6.45, 7) is 3.08. The van der Waals surface area contributed by atoms with Crippen molar-refractivity contribution in [3.8, 4) is 0 Å². The third kappa shape index (κ3) is 2.80. The van der Waals surface area contributed by atoms with Gasteiger partial charge in [0.25, 0.3) is 0 Å². The number of nitrogens with two attached hydrogens (primary N) is 1. The number of hydrogen-bond acceptors (Lipinski definition) is 3. The summed E-state index contributed by atoms with van der Waals surface area (Å²) in [5, 5.41) is 0. The Kier molecular flexibility index (Phi) is 4.17. The van der Waals surface area contributed by atoms with Crippen molar-refractivity contribution in [3.63, 3.8) is 0 Å². The summed E-state index contributed by atoms with van der Waals surface area (Å²) >= 11 is 5.15. The first-order valence-electron chi connectivity index (χ1n) is 6.56. The van der Waals surface area contributed by atoms with Crippen molar-refractivity contribution in [1.82, 2.24) is 4.98 Å². The van der Waals surface area contributed by atoms with Crippen LogP contribution in [-0.2, 0) is 0 Å². The lowest BCUT2D eigenvalue weighted by molar-refractivity contribution is 0.545. The largest absolute Gasteiger partial charge is 0.389 e. The van der Waals surface area contributed by atoms with Gasteiger partial charge in [0.1, 0.15) is 10.8 Å². The Balaban J connectivity index is 2.20. The minimum absolute atomic E-state index is 0.439. The Labute approximate surface area is 114 Å². The molecule has 1 aromatic heterocycles. The van der Waals surface area contributed by atoms with E-state index in [1.807, 2.05) is 19.2 Å². The van der Waals surface area contributed by atoms with Crippen LogP contribution in [0.4, 0.5) is 5.82 Å². The monoisotopic (exact) mass is 263 g/mol. The zero-order valence-electron chi connectivity index (χ0n) is 11.1. The van der Waals surface area contributed by atoms with Gasteiger partial charge in [-0.2, -0.15) is 0 Å². The first-order valence-corrected chi connectivity index (χ1v) is 6.97. The average Bonchev–Trinajstić information content (AvgIpc) is 2.80. The number of nitrogens with zero attached hydrogens (tertiary/aromatic N) is 2. The summed E-state index contributed by atoms with van der Waals surface area (Å²) in [5.41, 5.74) is 7.85. The lowest BCUT2D eigenvalue weighted by Gasteiger charge is -2.24. The molecule has 0 aromatic carbocycles. The van der Waals surface area contributed by atoms with Gasteiger partial charge in [0.15, 0.2) is 0 Å². The molecule has 0 bridgehead atoms. The van der Waals surface area contributed by atoms with Crippen molar-refractivity contribution in [3.05, 3.63) is 23.4 Å². The van der Waals surface area contributed by atoms with E-state index in [-0.39, 0.29) is 0 Å². The minimum Gasteiger partial charge on any atom is -0.389 e. The zero-order valence-corrected chi connectivity index (χ0v) is 12.0. The summed E-state index contributed by atoms with van der Waals surface area (Å²) in [6, 6.07) is 1.96. The topological polar surface area (TPSA) is 42.2 Å². The summed E-state index contributed by atoms with van der Waals surface area (Å²) in [6.07, 6.45) is 7.22. The minimum atomic E-state index is 0.439. The second kappa shape index (κ2) is 5.65. The predicted octanol–water partition coefficient (Wildman–Crippen LogP) is 2.65. The van der Waals surface area contributed by atoms with E-state index in [9.17, 15) is 0 Å². The SMILES string of the molecule is Cc1ccnc(N(C)CC2CCCC2)c1C(N)=S. The first kappa shape index (κ1) is 13.3. The fourth-order valence-electron chi connectivity index (χ4n) is 2.80. The van der Waals surface area contributed by atoms with Gasteiger partial charge in [-0.1, -0.05) is 25.1 Å². The molecule has 1 aromatic rings. The molecule has 1 saturated carbocycles. The Morgan fingerprint density at radius 2 is 2.17 bits per heavy atom. The van der Waals surface area contributed by atoms with Crippen molar-refractivity contribution in [2.24, 2.45) is 11.7 Å². The molecule has 0 unspecified atom stereocenters. The summed E-state index contributed by atoms with van der Waals surface area (Å²) in [5.74, 6) is 1.71. The second-order valence-corrected chi connectivity index (χ2v) is 5.66. The van der Waals surface area contributed by atoms with Gasteiger partial charge in [-0.3, -0.25) is 0 Å². The molecular weight excluding hydrogens is 242 g/mol. The standard InChI is InChI=1S/C14H21N3S/c1-10-7-8-16-14(12(10)13(15)18)17(2)9-11-5-3-4-6-11/h7-8,11H,3-6,9H2,1-2H3,(H2,15,18). The number of rotatable bonds is 4. The first-order chi connectivity index (χ1) is 8.59. The highest BCUT2D eigenvalue weighted by Crippen LogP contribution is 2.28. The van der Waals surface area contributed by atoms with Crippen LogP contribution in [-0.4, -0.2) is 23.6 Å². The van der Waals surface area contributed by atoms with Gasteiger partial charge in [0.05, 0.1) is 5.56 Å². The van der Waals surface area contributed by atoms with E-state index in [2.05, 4.69) is 16.9 Å². The molecule has 0 amide bonds. The molecule has 2 rings (SSSR count). The van der Waals surface area contributed by atoms with Crippen molar-refractivity contribution in [1.29, 1.82) is 0 Å². The molecule has 0 aliphatic heterocycles. The molecule has 98 valence electrons. The summed E-state index contributed by atoms with van der Waals surface area (Å²) < 4.78 is 0. The highest BCUT2D eigenvalue weighted by molar-refractivity contribution is 7.80. The van der Waals surface area contributed by atoms with E-state index in [0.717, 1.165) is 29.4 Å². The van der Waals surface area contributed by atoms with E-state index >= 15 is 0 Å². The van der Waals surface area contributed by atoms with E-state index in [1.165, 1.54) is 25.7 Å². The third-order valence-electron chi connectivity index (χ3n) is 3.75. The van der Waals surface area contributed by atoms with Crippen molar-refractivity contribution in [2.45, 2.75) is 32.6 Å². The van der Waals surface area contributed by atoms with Crippen molar-refractivity contribution >= 4 is 23.0 Å². The smallest absolute Gasteiger partial charge is 0.138 e. The third-order valence-corrected chi connectivity index (χ3v) is 3.96. The quantitative estimate of drug-likeness (QED) is 0.848. The predicted molar refractivity (Wildman–Crippen MR) is 80.1 cm³/mol. The van der Waals surface area contributed by atoms with Crippen LogP contribution in [0.3, 0.4) is 0 Å². The normalized spacial score (nSPS) is 15.9. The molecule has 1 aliphatic rings. The molecule has 0 atom stereocenters. The van der Waals surface area contributed by atoms with Crippen LogP contribution < -0.4 is 10.6 Å². The molecule has 3 nitrogen and oxygen atoms in total. The van der Waals surface area contributed by atoms with Gasteiger partial charge in [0.2, 0.25) is 0 Å². The molecular formula is C14H21N3S. The number of pyridine rings is 1. The summed E-state index contributed by atoms with van der Waals surface area (Å²) in [7, 11) is 2.09. The molecule has 2 N–H and O–H groups in total. The summed E-state index contributed by atoms with van der Waals surface area (Å²) in [4.78, 5) is 7.11. The lowest BCUT2D eigenvalue weighted by Crippen LogP contribution is -2.28. The van der Waals surface area contributed by atoms with Gasteiger partial charge in [-0.05, 0) is 37.3 Å². The van der Waals surface area contributed by atoms with Crippen molar-refractivity contribution < 1.29 is 0 Å². The van der Waals surface area contributed by atoms with Crippen LogP contribution in [0.15, 0.2) is 12.3 Å². The molecule has 4 heteroatoms. The maximum Gasteiger partial charge on any atom is 0.138 e. The van der Waals surface area contributed by atoms with E-state index in [0.29, 0.717) is 4.99 Å². The zero-order chi connectivity index (χ0) is 13.1. The molecule has 0 saturated heterocycles. The molecule has 1 heterocycles. The van der Waals surface area contributed by atoms with E-state index < -0.39 is 0 Å². The van der Waals surface area contributed by atoms with Crippen LogP contribution in [0, 0.1) is 12.8 Å². The highest BCUT2D eigenvalue weighted by Gasteiger charge is 2.20. The fourth-order valence-corrected chi connectivity index (χ4v) is 3.06. The van der Waals surface area contributed by atoms with Crippen LogP contribution in [0.5, 0.6) is 0 Å². The Morgan fingerprint density at radius 1 is 1.50 bits per heavy atom. The van der Waals surface area contributed by atoms with Gasteiger partial charge < -0.3 is 10.6 Å². The molecule has 0 spiro atoms. The lowest BCUT2D eigenvalue weighted by atomic mass is 10.1. The fraction of sp³-hybridized carbons (Fsp3) is 0.571. The molecule has 1 fully saturated rings. The molecule has 0 radical (unpaired) electrons. The number of aryl methyl sites for hydroxylation is 1. The van der Waals surface area contributed by atoms with Crippen LogP contribution in [0.2, 0.25) is 0 Å². The van der Waals surface area contributed by atoms with Gasteiger partial charge in [-0.15, -0.1) is 0 Å². The van der Waals surface area contributed by atoms with Gasteiger partial charge in [0, 0.05) is 19.8 Å². The average molecular weight is 263 g/mol. The Hall–Kier alpha value is -1.16. The number of anilines is 1. The number of aromatic nitrogens is 1. The van der Waals surface area contributed by atoms with Crippen LogP contribution >= 0.6 is 12.2 Å². The molecule has 1 aliphatic carbocycles. The number of thiocarbonyl (C=S) groups is 1. The number of hydrogen-bond donors (Lipinski definition) is 1. The van der Waals surface area contributed by atoms with Gasteiger partial charge in [-0.25, -0.2) is 4.98 Å². The van der Waals surface area contributed by atoms with Crippen molar-refractivity contribution in [2.75, 3.05) is 18.5 Å². The van der Waals surface area contributed by atoms with Crippen LogP contribution in [0.25, 0.3) is 0 Å². The maximum atomic E-state index is 5.83. The Morgan fingerprint density at radius 3 is 2.78 bits per heavy atom.